The van der Waals surface area contributed by atoms with Gasteiger partial charge in [-0.2, -0.15) is 5.26 Å². The summed E-state index contributed by atoms with van der Waals surface area (Å²) in [7, 11) is 0. The molecular weight excluding hydrogens is 280 g/mol. The predicted molar refractivity (Wildman–Crippen MR) is 73.1 cm³/mol. The van der Waals surface area contributed by atoms with Crippen LogP contribution in [0.3, 0.4) is 0 Å². The van der Waals surface area contributed by atoms with E-state index in [4.69, 9.17) is 17.5 Å². The summed E-state index contributed by atoms with van der Waals surface area (Å²) in [5, 5.41) is 8.88. The molecule has 3 nitrogen and oxygen atoms in total. The van der Waals surface area contributed by atoms with E-state index >= 15 is 0 Å². The molecule has 98 valence electrons. The zero-order valence-corrected chi connectivity index (χ0v) is 10.8. The molecule has 0 amide bonds. The van der Waals surface area contributed by atoms with Crippen molar-refractivity contribution < 1.29 is 8.78 Å². The third-order valence-corrected chi connectivity index (χ3v) is 3.26. The third-order valence-electron chi connectivity index (χ3n) is 2.97. The van der Waals surface area contributed by atoms with E-state index in [0.29, 0.717) is 21.5 Å². The van der Waals surface area contributed by atoms with Gasteiger partial charge in [-0.15, -0.1) is 0 Å². The van der Waals surface area contributed by atoms with Crippen molar-refractivity contribution in [2.45, 2.75) is 0 Å². The van der Waals surface area contributed by atoms with Crippen molar-refractivity contribution in [1.82, 2.24) is 9.55 Å². The van der Waals surface area contributed by atoms with Gasteiger partial charge >= 0.3 is 0 Å². The fourth-order valence-electron chi connectivity index (χ4n) is 2.08. The number of nitriles is 1. The molecule has 20 heavy (non-hydrogen) atoms. The second-order valence-electron chi connectivity index (χ2n) is 4.20. The summed E-state index contributed by atoms with van der Waals surface area (Å²) < 4.78 is 28.5. The summed E-state index contributed by atoms with van der Waals surface area (Å²) in [5.74, 6) is -0.966. The van der Waals surface area contributed by atoms with Crippen LogP contribution in [0.2, 0.25) is 0 Å². The van der Waals surface area contributed by atoms with Gasteiger partial charge in [0.15, 0.2) is 4.77 Å². The van der Waals surface area contributed by atoms with Crippen LogP contribution in [0.25, 0.3) is 16.7 Å². The summed E-state index contributed by atoms with van der Waals surface area (Å²) in [5.41, 5.74) is 1.68. The van der Waals surface area contributed by atoms with Crippen LogP contribution in [-0.4, -0.2) is 9.55 Å². The van der Waals surface area contributed by atoms with E-state index in [1.165, 1.54) is 30.3 Å². The number of halogens is 2. The lowest BCUT2D eigenvalue weighted by molar-refractivity contribution is 0.623. The second kappa shape index (κ2) is 4.54. The average molecular weight is 287 g/mol. The molecule has 3 aromatic rings. The number of hydrogen-bond acceptors (Lipinski definition) is 2. The number of rotatable bonds is 1. The number of benzene rings is 2. The molecule has 0 saturated heterocycles. The summed E-state index contributed by atoms with van der Waals surface area (Å²) >= 11 is 5.20. The van der Waals surface area contributed by atoms with Gasteiger partial charge in [-0.1, -0.05) is 0 Å². The molecule has 0 unspecified atom stereocenters. The highest BCUT2D eigenvalue weighted by atomic mass is 32.1. The van der Waals surface area contributed by atoms with E-state index in [0.717, 1.165) is 0 Å². The lowest BCUT2D eigenvalue weighted by Crippen LogP contribution is -1.96. The molecule has 1 aromatic heterocycles. The molecule has 0 bridgehead atoms. The smallest absolute Gasteiger partial charge is 0.182 e. The van der Waals surface area contributed by atoms with Crippen LogP contribution < -0.4 is 0 Å². The molecule has 6 heteroatoms. The minimum absolute atomic E-state index is 0.0686. The summed E-state index contributed by atoms with van der Waals surface area (Å²) in [6.07, 6.45) is 0. The van der Waals surface area contributed by atoms with Crippen molar-refractivity contribution in [2.75, 3.05) is 0 Å². The molecular formula is C14H7F2N3S. The normalized spacial score (nSPS) is 10.7. The Hall–Kier alpha value is -2.52. The Morgan fingerprint density at radius 2 is 1.95 bits per heavy atom. The first-order chi connectivity index (χ1) is 9.60. The van der Waals surface area contributed by atoms with Crippen molar-refractivity contribution in [2.24, 2.45) is 0 Å². The molecule has 0 atom stereocenters. The second-order valence-corrected chi connectivity index (χ2v) is 4.59. The van der Waals surface area contributed by atoms with Crippen LogP contribution in [0.5, 0.6) is 0 Å². The monoisotopic (exact) mass is 287 g/mol. The van der Waals surface area contributed by atoms with Crippen molar-refractivity contribution in [3.63, 3.8) is 0 Å². The van der Waals surface area contributed by atoms with Gasteiger partial charge in [0.2, 0.25) is 0 Å². The Kier molecular flexibility index (Phi) is 2.84. The predicted octanol–water partition coefficient (Wildman–Crippen LogP) is 3.84. The van der Waals surface area contributed by atoms with E-state index in [1.54, 1.807) is 16.7 Å². The van der Waals surface area contributed by atoms with Crippen molar-refractivity contribution in [3.05, 3.63) is 58.4 Å². The Labute approximate surface area is 117 Å². The molecule has 1 N–H and O–H groups in total. The number of aromatic amines is 1. The number of nitrogens with zero attached hydrogens (tertiary/aromatic N) is 2. The number of fused-ring (bicyclic) bond motifs is 1. The fourth-order valence-corrected chi connectivity index (χ4v) is 2.39. The van der Waals surface area contributed by atoms with Gasteiger partial charge in [-0.3, -0.25) is 4.57 Å². The van der Waals surface area contributed by atoms with Gasteiger partial charge in [0.05, 0.1) is 16.6 Å². The van der Waals surface area contributed by atoms with Crippen LogP contribution in [0.15, 0.2) is 36.4 Å². The Morgan fingerprint density at radius 3 is 2.70 bits per heavy atom. The van der Waals surface area contributed by atoms with Crippen molar-refractivity contribution in [3.8, 4) is 11.8 Å². The zero-order chi connectivity index (χ0) is 14.3. The first kappa shape index (κ1) is 12.5. The van der Waals surface area contributed by atoms with E-state index in [9.17, 15) is 8.78 Å². The minimum atomic E-state index is -0.589. The Balaban J connectivity index is 2.33. The molecule has 0 saturated carbocycles. The maximum atomic E-state index is 13.4. The number of aromatic nitrogens is 2. The summed E-state index contributed by atoms with van der Waals surface area (Å²) in [4.78, 5) is 2.88. The lowest BCUT2D eigenvalue weighted by Gasteiger charge is -2.05. The molecule has 0 aliphatic heterocycles. The van der Waals surface area contributed by atoms with Crippen molar-refractivity contribution >= 4 is 23.3 Å². The molecule has 3 rings (SSSR count). The van der Waals surface area contributed by atoms with Gasteiger partial charge in [-0.25, -0.2) is 8.78 Å². The highest BCUT2D eigenvalue weighted by Crippen LogP contribution is 2.22. The Bertz CT molecular complexity index is 918. The van der Waals surface area contributed by atoms with Crippen molar-refractivity contribution in [1.29, 1.82) is 5.26 Å². The molecule has 0 radical (unpaired) electrons. The van der Waals surface area contributed by atoms with Crippen LogP contribution in [0, 0.1) is 27.7 Å². The quantitative estimate of drug-likeness (QED) is 0.691. The number of imidazole rings is 1. The highest BCUT2D eigenvalue weighted by Gasteiger charge is 2.10. The zero-order valence-electron chi connectivity index (χ0n) is 10.0. The first-order valence-electron chi connectivity index (χ1n) is 5.70. The largest absolute Gasteiger partial charge is 0.330 e. The SMILES string of the molecule is N#Cc1cc(-n2c(=S)[nH]c3cc(F)ccc32)ccc1F. The first-order valence-corrected chi connectivity index (χ1v) is 6.11. The Morgan fingerprint density at radius 1 is 1.15 bits per heavy atom. The highest BCUT2D eigenvalue weighted by molar-refractivity contribution is 7.71. The van der Waals surface area contributed by atoms with Crippen LogP contribution in [0.4, 0.5) is 8.78 Å². The van der Waals surface area contributed by atoms with Gasteiger partial charge in [0.25, 0.3) is 0 Å². The molecule has 0 spiro atoms. The minimum Gasteiger partial charge on any atom is -0.330 e. The molecule has 2 aromatic carbocycles. The standard InChI is InChI=1S/C14H7F2N3S/c15-9-1-4-13-12(6-9)18-14(20)19(13)10-2-3-11(16)8(5-10)7-17/h1-6H,(H,18,20). The maximum absolute atomic E-state index is 13.4. The molecule has 0 aliphatic carbocycles. The van der Waals surface area contributed by atoms with Crippen LogP contribution in [-0.2, 0) is 0 Å². The number of nitrogens with one attached hydrogen (secondary N) is 1. The molecule has 0 aliphatic rings. The van der Waals surface area contributed by atoms with E-state index in [1.807, 2.05) is 0 Å². The maximum Gasteiger partial charge on any atom is 0.182 e. The third kappa shape index (κ3) is 1.89. The van der Waals surface area contributed by atoms with E-state index in [2.05, 4.69) is 4.98 Å². The van der Waals surface area contributed by atoms with E-state index in [-0.39, 0.29) is 11.4 Å². The number of H-pyrrole nitrogens is 1. The van der Waals surface area contributed by atoms with Gasteiger partial charge < -0.3 is 4.98 Å². The topological polar surface area (TPSA) is 44.5 Å². The van der Waals surface area contributed by atoms with Crippen LogP contribution >= 0.6 is 12.2 Å². The lowest BCUT2D eigenvalue weighted by atomic mass is 10.2. The van der Waals surface area contributed by atoms with Crippen LogP contribution in [0.1, 0.15) is 5.56 Å². The fraction of sp³-hybridized carbons (Fsp3) is 0. The average Bonchev–Trinajstić information content (AvgIpc) is 2.74. The van der Waals surface area contributed by atoms with Gasteiger partial charge in [-0.05, 0) is 48.6 Å². The number of hydrogen-bond donors (Lipinski definition) is 1. The molecule has 0 fully saturated rings. The van der Waals surface area contributed by atoms with Gasteiger partial charge in [0, 0.05) is 5.69 Å². The summed E-state index contributed by atoms with van der Waals surface area (Å²) in [6.45, 7) is 0. The van der Waals surface area contributed by atoms with E-state index < -0.39 is 5.82 Å². The molecule has 1 heterocycles. The summed E-state index contributed by atoms with van der Waals surface area (Å²) in [6, 6.07) is 10.1. The van der Waals surface area contributed by atoms with Gasteiger partial charge in [0.1, 0.15) is 17.7 Å².